The Morgan fingerprint density at radius 3 is 2.86 bits per heavy atom. The molecular formula is C14H22ClN3O2S. The van der Waals surface area contributed by atoms with Crippen LogP contribution in [0.2, 0.25) is 4.34 Å². The van der Waals surface area contributed by atoms with E-state index in [4.69, 9.17) is 11.6 Å². The summed E-state index contributed by atoms with van der Waals surface area (Å²) in [5.74, 6) is 0. The van der Waals surface area contributed by atoms with Gasteiger partial charge in [0.1, 0.15) is 6.10 Å². The molecule has 118 valence electrons. The van der Waals surface area contributed by atoms with E-state index in [1.54, 1.807) is 12.1 Å². The fraction of sp³-hybridized carbons (Fsp3) is 0.643. The third-order valence-corrected chi connectivity index (χ3v) is 5.18. The lowest BCUT2D eigenvalue weighted by Crippen LogP contribution is -2.43. The summed E-state index contributed by atoms with van der Waals surface area (Å²) in [5.41, 5.74) is 0. The maximum absolute atomic E-state index is 11.8. The molecular weight excluding hydrogens is 310 g/mol. The highest BCUT2D eigenvalue weighted by atomic mass is 35.5. The quantitative estimate of drug-likeness (QED) is 0.775. The van der Waals surface area contributed by atoms with Crippen LogP contribution in [-0.2, 0) is 0 Å². The number of hydrogen-bond donors (Lipinski definition) is 3. The number of aliphatic hydroxyl groups excluding tert-OH is 1. The second-order valence-electron chi connectivity index (χ2n) is 5.64. The van der Waals surface area contributed by atoms with Crippen LogP contribution in [0, 0.1) is 0 Å². The van der Waals surface area contributed by atoms with E-state index in [1.165, 1.54) is 11.3 Å². The van der Waals surface area contributed by atoms with Gasteiger partial charge in [-0.1, -0.05) is 11.6 Å². The Hall–Kier alpha value is -0.820. The van der Waals surface area contributed by atoms with Gasteiger partial charge in [-0.3, -0.25) is 0 Å². The first-order valence-electron chi connectivity index (χ1n) is 7.10. The summed E-state index contributed by atoms with van der Waals surface area (Å²) < 4.78 is 0.634. The molecule has 1 aliphatic rings. The van der Waals surface area contributed by atoms with Crippen molar-refractivity contribution >= 4 is 29.0 Å². The molecule has 2 rings (SSSR count). The average Bonchev–Trinajstić information content (AvgIpc) is 3.05. The number of rotatable bonds is 5. The van der Waals surface area contributed by atoms with E-state index in [0.717, 1.165) is 24.1 Å². The van der Waals surface area contributed by atoms with Gasteiger partial charge in [-0.2, -0.15) is 0 Å². The molecule has 1 heterocycles. The lowest BCUT2D eigenvalue weighted by molar-refractivity contribution is 0.175. The van der Waals surface area contributed by atoms with Gasteiger partial charge in [-0.25, -0.2) is 4.79 Å². The van der Waals surface area contributed by atoms with Crippen molar-refractivity contribution in [3.8, 4) is 0 Å². The first-order valence-corrected chi connectivity index (χ1v) is 8.29. The maximum Gasteiger partial charge on any atom is 0.315 e. The van der Waals surface area contributed by atoms with E-state index >= 15 is 0 Å². The van der Waals surface area contributed by atoms with Crippen molar-refractivity contribution in [3.63, 3.8) is 0 Å². The van der Waals surface area contributed by atoms with Gasteiger partial charge in [0.15, 0.2) is 0 Å². The number of aliphatic hydroxyl groups is 1. The Bertz CT molecular complexity index is 481. The summed E-state index contributed by atoms with van der Waals surface area (Å²) in [7, 11) is 4.13. The first-order chi connectivity index (χ1) is 9.95. The molecule has 0 bridgehead atoms. The van der Waals surface area contributed by atoms with Gasteiger partial charge >= 0.3 is 6.03 Å². The van der Waals surface area contributed by atoms with Crippen molar-refractivity contribution in [2.75, 3.05) is 20.6 Å². The molecule has 3 atom stereocenters. The Morgan fingerprint density at radius 1 is 1.52 bits per heavy atom. The SMILES string of the molecule is CN(C)C1CCC(NC(=O)NCC(O)c2ccc(Cl)s2)C1. The zero-order valence-corrected chi connectivity index (χ0v) is 13.9. The van der Waals surface area contributed by atoms with E-state index in [2.05, 4.69) is 29.6 Å². The third kappa shape index (κ3) is 4.85. The number of carbonyl (C=O) groups is 1. The number of urea groups is 1. The summed E-state index contributed by atoms with van der Waals surface area (Å²) in [6.45, 7) is 0.187. The van der Waals surface area contributed by atoms with Crippen LogP contribution in [0.5, 0.6) is 0 Å². The molecule has 1 saturated carbocycles. The van der Waals surface area contributed by atoms with Crippen molar-refractivity contribution in [3.05, 3.63) is 21.3 Å². The van der Waals surface area contributed by atoms with Crippen LogP contribution < -0.4 is 10.6 Å². The molecule has 3 N–H and O–H groups in total. The predicted molar refractivity (Wildman–Crippen MR) is 85.9 cm³/mol. The molecule has 3 unspecified atom stereocenters. The number of amides is 2. The van der Waals surface area contributed by atoms with Gasteiger partial charge in [0.2, 0.25) is 0 Å². The number of thiophene rings is 1. The normalized spacial score (nSPS) is 23.3. The van der Waals surface area contributed by atoms with Gasteiger partial charge in [-0.15, -0.1) is 11.3 Å². The van der Waals surface area contributed by atoms with E-state index in [9.17, 15) is 9.90 Å². The van der Waals surface area contributed by atoms with Gasteiger partial charge in [0.05, 0.1) is 10.9 Å². The van der Waals surface area contributed by atoms with Crippen molar-refractivity contribution in [2.45, 2.75) is 37.5 Å². The van der Waals surface area contributed by atoms with Crippen molar-refractivity contribution in [2.24, 2.45) is 0 Å². The number of carbonyl (C=O) groups excluding carboxylic acids is 1. The molecule has 21 heavy (non-hydrogen) atoms. The van der Waals surface area contributed by atoms with Gasteiger partial charge in [0.25, 0.3) is 0 Å². The topological polar surface area (TPSA) is 64.6 Å². The largest absolute Gasteiger partial charge is 0.386 e. The first kappa shape index (κ1) is 16.5. The minimum atomic E-state index is -0.716. The summed E-state index contributed by atoms with van der Waals surface area (Å²) in [6, 6.07) is 4.04. The highest BCUT2D eigenvalue weighted by Crippen LogP contribution is 2.26. The molecule has 0 aliphatic heterocycles. The Balaban J connectivity index is 1.70. The van der Waals surface area contributed by atoms with E-state index in [0.29, 0.717) is 10.4 Å². The molecule has 0 aromatic carbocycles. The van der Waals surface area contributed by atoms with Crippen LogP contribution in [0.1, 0.15) is 30.2 Å². The third-order valence-electron chi connectivity index (χ3n) is 3.85. The minimum Gasteiger partial charge on any atom is -0.386 e. The molecule has 7 heteroatoms. The van der Waals surface area contributed by atoms with Gasteiger partial charge in [-0.05, 0) is 45.5 Å². The molecule has 1 aromatic heterocycles. The fourth-order valence-electron chi connectivity index (χ4n) is 2.59. The second-order valence-corrected chi connectivity index (χ2v) is 7.39. The van der Waals surface area contributed by atoms with Crippen LogP contribution in [0.4, 0.5) is 4.79 Å². The zero-order chi connectivity index (χ0) is 15.4. The summed E-state index contributed by atoms with van der Waals surface area (Å²) in [6.07, 6.45) is 2.36. The Kier molecular flexibility index (Phi) is 5.87. The molecule has 1 aromatic rings. The Morgan fingerprint density at radius 2 is 2.29 bits per heavy atom. The molecule has 0 radical (unpaired) electrons. The standard InChI is InChI=1S/C14H22ClN3O2S/c1-18(2)10-4-3-9(7-10)17-14(20)16-8-11(19)12-5-6-13(15)21-12/h5-6,9-11,19H,3-4,7-8H2,1-2H3,(H2,16,17,20). The van der Waals surface area contributed by atoms with Crippen LogP contribution in [0.3, 0.4) is 0 Å². The van der Waals surface area contributed by atoms with Crippen LogP contribution in [0.25, 0.3) is 0 Å². The summed E-state index contributed by atoms with van der Waals surface area (Å²) in [4.78, 5) is 14.8. The van der Waals surface area contributed by atoms with E-state index in [-0.39, 0.29) is 18.6 Å². The number of nitrogens with one attached hydrogen (secondary N) is 2. The molecule has 0 spiro atoms. The number of hydrogen-bond acceptors (Lipinski definition) is 4. The second kappa shape index (κ2) is 7.45. The smallest absolute Gasteiger partial charge is 0.315 e. The minimum absolute atomic E-state index is 0.187. The molecule has 2 amide bonds. The van der Waals surface area contributed by atoms with E-state index in [1.807, 2.05) is 0 Å². The van der Waals surface area contributed by atoms with Crippen LogP contribution in [0.15, 0.2) is 12.1 Å². The summed E-state index contributed by atoms with van der Waals surface area (Å²) >= 11 is 7.15. The molecule has 1 aliphatic carbocycles. The average molecular weight is 332 g/mol. The predicted octanol–water partition coefficient (Wildman–Crippen LogP) is 2.22. The van der Waals surface area contributed by atoms with Crippen molar-refractivity contribution in [1.29, 1.82) is 0 Å². The van der Waals surface area contributed by atoms with Crippen LogP contribution in [-0.4, -0.2) is 48.8 Å². The number of halogens is 1. The van der Waals surface area contributed by atoms with Crippen LogP contribution >= 0.6 is 22.9 Å². The maximum atomic E-state index is 11.8. The lowest BCUT2D eigenvalue weighted by Gasteiger charge is -2.19. The van der Waals surface area contributed by atoms with E-state index < -0.39 is 6.10 Å². The molecule has 0 saturated heterocycles. The highest BCUT2D eigenvalue weighted by molar-refractivity contribution is 7.16. The van der Waals surface area contributed by atoms with Gasteiger partial charge < -0.3 is 20.6 Å². The zero-order valence-electron chi connectivity index (χ0n) is 12.3. The molecule has 1 fully saturated rings. The highest BCUT2D eigenvalue weighted by Gasteiger charge is 2.27. The monoisotopic (exact) mass is 331 g/mol. The molecule has 5 nitrogen and oxygen atoms in total. The Labute approximate surface area is 134 Å². The summed E-state index contributed by atoms with van der Waals surface area (Å²) in [5, 5.41) is 15.6. The van der Waals surface area contributed by atoms with Crippen molar-refractivity contribution < 1.29 is 9.90 Å². The van der Waals surface area contributed by atoms with Crippen molar-refractivity contribution in [1.82, 2.24) is 15.5 Å². The number of nitrogens with zero attached hydrogens (tertiary/aromatic N) is 1. The van der Waals surface area contributed by atoms with Gasteiger partial charge in [0, 0.05) is 17.0 Å². The lowest BCUT2D eigenvalue weighted by atomic mass is 10.2. The fourth-order valence-corrected chi connectivity index (χ4v) is 3.64.